The third kappa shape index (κ3) is 3.87. The van der Waals surface area contributed by atoms with E-state index < -0.39 is 0 Å². The number of nitrogens with zero attached hydrogens (tertiary/aromatic N) is 1. The molecule has 0 bridgehead atoms. The predicted molar refractivity (Wildman–Crippen MR) is 77.0 cm³/mol. The molecular weight excluding hydrogens is 206 g/mol. The Bertz CT molecular complexity index is 476. The van der Waals surface area contributed by atoms with Crippen LogP contribution in [-0.4, -0.2) is 5.71 Å². The summed E-state index contributed by atoms with van der Waals surface area (Å²) in [4.78, 5) is 4.63. The van der Waals surface area contributed by atoms with Crippen LogP contribution in [0, 0.1) is 6.92 Å². The van der Waals surface area contributed by atoms with Crippen LogP contribution in [-0.2, 0) is 0 Å². The average Bonchev–Trinajstić information content (AvgIpc) is 2.33. The lowest BCUT2D eigenvalue weighted by molar-refractivity contribution is 1.39. The largest absolute Gasteiger partial charge is 0.253 e. The Balaban J connectivity index is 3.07. The molecule has 1 nitrogen and oxygen atoms in total. The van der Waals surface area contributed by atoms with Crippen LogP contribution in [0.25, 0.3) is 0 Å². The van der Waals surface area contributed by atoms with E-state index in [0.29, 0.717) is 0 Å². The average molecular weight is 225 g/mol. The van der Waals surface area contributed by atoms with Crippen molar-refractivity contribution in [3.8, 4) is 0 Å². The molecule has 0 unspecified atom stereocenters. The van der Waals surface area contributed by atoms with E-state index >= 15 is 0 Å². The maximum atomic E-state index is 4.63. The summed E-state index contributed by atoms with van der Waals surface area (Å²) in [6.07, 6.45) is 7.83. The number of aryl methyl sites for hydroxylation is 1. The first-order valence-electron chi connectivity index (χ1n) is 5.75. The molecule has 0 saturated heterocycles. The van der Waals surface area contributed by atoms with Crippen molar-refractivity contribution in [2.75, 3.05) is 0 Å². The van der Waals surface area contributed by atoms with E-state index in [2.05, 4.69) is 24.6 Å². The van der Waals surface area contributed by atoms with Gasteiger partial charge in [-0.05, 0) is 38.0 Å². The molecule has 0 aliphatic carbocycles. The first-order chi connectivity index (χ1) is 8.19. The van der Waals surface area contributed by atoms with Crippen LogP contribution in [0.5, 0.6) is 0 Å². The smallest absolute Gasteiger partial charge is 0.0662 e. The fraction of sp³-hybridized carbons (Fsp3) is 0.188. The van der Waals surface area contributed by atoms with Gasteiger partial charge in [0.15, 0.2) is 0 Å². The van der Waals surface area contributed by atoms with E-state index in [1.54, 1.807) is 0 Å². The summed E-state index contributed by atoms with van der Waals surface area (Å²) in [5.41, 5.74) is 4.22. The zero-order valence-corrected chi connectivity index (χ0v) is 10.8. The number of hydrogen-bond donors (Lipinski definition) is 0. The standard InChI is InChI=1S/C16H19N/c1-5-7-11-15(6-2)14(4)17-16-12-9-8-10-13(16)3/h5-12H,2H2,1,3-4H3/b7-5-,15-11+,17-14?. The van der Waals surface area contributed by atoms with Crippen molar-refractivity contribution in [3.63, 3.8) is 0 Å². The van der Waals surface area contributed by atoms with Crippen LogP contribution in [0.3, 0.4) is 0 Å². The molecule has 0 atom stereocenters. The Labute approximate surface area is 104 Å². The molecule has 0 N–H and O–H groups in total. The second-order valence-corrected chi connectivity index (χ2v) is 3.84. The molecule has 0 spiro atoms. The van der Waals surface area contributed by atoms with Crippen molar-refractivity contribution >= 4 is 11.4 Å². The molecule has 1 rings (SSSR count). The van der Waals surface area contributed by atoms with E-state index in [4.69, 9.17) is 0 Å². The van der Waals surface area contributed by atoms with Gasteiger partial charge in [0.2, 0.25) is 0 Å². The quantitative estimate of drug-likeness (QED) is 0.516. The van der Waals surface area contributed by atoms with Crippen LogP contribution in [0.1, 0.15) is 19.4 Å². The van der Waals surface area contributed by atoms with Crippen molar-refractivity contribution in [2.45, 2.75) is 20.8 Å². The SMILES string of the molecule is C=C/C(=C\C=C/C)C(C)=Nc1ccccc1C. The Hall–Kier alpha value is -1.89. The minimum absolute atomic E-state index is 0.979. The van der Waals surface area contributed by atoms with E-state index in [-0.39, 0.29) is 0 Å². The van der Waals surface area contributed by atoms with Crippen molar-refractivity contribution in [2.24, 2.45) is 4.99 Å². The molecule has 88 valence electrons. The Kier molecular flexibility index (Phi) is 5.15. The van der Waals surface area contributed by atoms with Gasteiger partial charge in [-0.3, -0.25) is 4.99 Å². The van der Waals surface area contributed by atoms with Gasteiger partial charge in [-0.2, -0.15) is 0 Å². The van der Waals surface area contributed by atoms with Crippen LogP contribution in [0.4, 0.5) is 5.69 Å². The lowest BCUT2D eigenvalue weighted by Crippen LogP contribution is -1.93. The number of benzene rings is 1. The Morgan fingerprint density at radius 3 is 2.59 bits per heavy atom. The first kappa shape index (κ1) is 13.2. The second-order valence-electron chi connectivity index (χ2n) is 3.84. The molecule has 0 aromatic heterocycles. The van der Waals surface area contributed by atoms with Crippen LogP contribution in [0.15, 0.2) is 65.7 Å². The van der Waals surface area contributed by atoms with Gasteiger partial charge in [0.1, 0.15) is 0 Å². The van der Waals surface area contributed by atoms with E-state index in [1.807, 2.05) is 56.4 Å². The highest BCUT2D eigenvalue weighted by atomic mass is 14.7. The van der Waals surface area contributed by atoms with Gasteiger partial charge in [-0.25, -0.2) is 0 Å². The molecule has 0 saturated carbocycles. The summed E-state index contributed by atoms with van der Waals surface area (Å²) in [6, 6.07) is 8.11. The molecule has 0 amide bonds. The van der Waals surface area contributed by atoms with Crippen molar-refractivity contribution in [3.05, 3.63) is 66.3 Å². The molecule has 0 radical (unpaired) electrons. The molecule has 1 heteroatoms. The van der Waals surface area contributed by atoms with Gasteiger partial charge in [0, 0.05) is 5.71 Å². The zero-order chi connectivity index (χ0) is 12.7. The normalized spacial score (nSPS) is 13.1. The molecule has 0 fully saturated rings. The maximum Gasteiger partial charge on any atom is 0.0662 e. The molecule has 0 aliphatic heterocycles. The summed E-state index contributed by atoms with van der Waals surface area (Å²) in [5.74, 6) is 0. The monoisotopic (exact) mass is 225 g/mol. The van der Waals surface area contributed by atoms with Gasteiger partial charge in [0.25, 0.3) is 0 Å². The highest BCUT2D eigenvalue weighted by Crippen LogP contribution is 2.18. The topological polar surface area (TPSA) is 12.4 Å². The third-order valence-electron chi connectivity index (χ3n) is 2.51. The first-order valence-corrected chi connectivity index (χ1v) is 5.75. The molecular formula is C16H19N. The second kappa shape index (κ2) is 6.64. The van der Waals surface area contributed by atoms with Gasteiger partial charge in [-0.15, -0.1) is 0 Å². The maximum absolute atomic E-state index is 4.63. The number of hydrogen-bond acceptors (Lipinski definition) is 1. The predicted octanol–water partition coefficient (Wildman–Crippen LogP) is 4.78. The Morgan fingerprint density at radius 1 is 1.29 bits per heavy atom. The number of allylic oxidation sites excluding steroid dienone is 5. The van der Waals surface area contributed by atoms with Crippen molar-refractivity contribution < 1.29 is 0 Å². The van der Waals surface area contributed by atoms with Gasteiger partial charge in [0.05, 0.1) is 5.69 Å². The zero-order valence-electron chi connectivity index (χ0n) is 10.8. The number of aliphatic imine (C=N–C) groups is 1. The lowest BCUT2D eigenvalue weighted by Gasteiger charge is -2.03. The Morgan fingerprint density at radius 2 is 2.00 bits per heavy atom. The van der Waals surface area contributed by atoms with Crippen molar-refractivity contribution in [1.82, 2.24) is 0 Å². The summed E-state index contributed by atoms with van der Waals surface area (Å²) in [6.45, 7) is 9.88. The molecule has 1 aromatic carbocycles. The van der Waals surface area contributed by atoms with Crippen LogP contribution >= 0.6 is 0 Å². The fourth-order valence-electron chi connectivity index (χ4n) is 1.47. The highest BCUT2D eigenvalue weighted by Gasteiger charge is 1.98. The summed E-state index contributed by atoms with van der Waals surface area (Å²) in [7, 11) is 0. The minimum atomic E-state index is 0.979. The molecule has 0 heterocycles. The van der Waals surface area contributed by atoms with E-state index in [0.717, 1.165) is 17.0 Å². The lowest BCUT2D eigenvalue weighted by atomic mass is 10.1. The molecule has 1 aromatic rings. The van der Waals surface area contributed by atoms with Gasteiger partial charge < -0.3 is 0 Å². The van der Waals surface area contributed by atoms with Crippen LogP contribution < -0.4 is 0 Å². The third-order valence-corrected chi connectivity index (χ3v) is 2.51. The van der Waals surface area contributed by atoms with Crippen LogP contribution in [0.2, 0.25) is 0 Å². The fourth-order valence-corrected chi connectivity index (χ4v) is 1.47. The van der Waals surface area contributed by atoms with E-state index in [9.17, 15) is 0 Å². The number of rotatable bonds is 4. The van der Waals surface area contributed by atoms with Crippen molar-refractivity contribution in [1.29, 1.82) is 0 Å². The minimum Gasteiger partial charge on any atom is -0.253 e. The molecule has 17 heavy (non-hydrogen) atoms. The molecule has 0 aliphatic rings. The highest BCUT2D eigenvalue weighted by molar-refractivity contribution is 6.02. The van der Waals surface area contributed by atoms with Gasteiger partial charge >= 0.3 is 0 Å². The van der Waals surface area contributed by atoms with Gasteiger partial charge in [-0.1, -0.05) is 49.1 Å². The number of para-hydroxylation sites is 1. The summed E-state index contributed by atoms with van der Waals surface area (Å²) >= 11 is 0. The van der Waals surface area contributed by atoms with E-state index in [1.165, 1.54) is 5.56 Å². The summed E-state index contributed by atoms with van der Waals surface area (Å²) < 4.78 is 0. The summed E-state index contributed by atoms with van der Waals surface area (Å²) in [5, 5.41) is 0.